The lowest BCUT2D eigenvalue weighted by atomic mass is 9.72. The highest BCUT2D eigenvalue weighted by molar-refractivity contribution is 5.34. The number of nitrogens with one attached hydrogen (secondary N) is 1. The largest absolute Gasteiger partial charge is 0.271 e. The molecule has 0 aliphatic heterocycles. The zero-order valence-corrected chi connectivity index (χ0v) is 11.9. The molecule has 0 heterocycles. The van der Waals surface area contributed by atoms with Crippen LogP contribution in [0.4, 0.5) is 0 Å². The number of hydrogen-bond acceptors (Lipinski definition) is 2. The number of nitrogens with two attached hydrogens (primary N) is 1. The highest BCUT2D eigenvalue weighted by Gasteiger charge is 2.52. The molecule has 0 aromatic heterocycles. The zero-order valence-electron chi connectivity index (χ0n) is 11.9. The third-order valence-electron chi connectivity index (χ3n) is 5.36. The van der Waals surface area contributed by atoms with Crippen LogP contribution in [0.15, 0.2) is 30.3 Å². The normalized spacial score (nSPS) is 30.8. The molecule has 0 spiro atoms. The van der Waals surface area contributed by atoms with E-state index >= 15 is 0 Å². The van der Waals surface area contributed by atoms with Crippen molar-refractivity contribution >= 4 is 0 Å². The van der Waals surface area contributed by atoms with Gasteiger partial charge < -0.3 is 0 Å². The molecule has 0 bridgehead atoms. The van der Waals surface area contributed by atoms with Gasteiger partial charge in [-0.2, -0.15) is 0 Å². The Hall–Kier alpha value is -0.860. The van der Waals surface area contributed by atoms with Gasteiger partial charge >= 0.3 is 0 Å². The average Bonchev–Trinajstić information content (AvgIpc) is 3.22. The molecule has 19 heavy (non-hydrogen) atoms. The predicted octanol–water partition coefficient (Wildman–Crippen LogP) is 3.38. The Kier molecular flexibility index (Phi) is 3.64. The topological polar surface area (TPSA) is 38.0 Å². The van der Waals surface area contributed by atoms with Gasteiger partial charge in [0.2, 0.25) is 0 Å². The van der Waals surface area contributed by atoms with E-state index in [0.29, 0.717) is 11.5 Å². The molecule has 104 valence electrons. The van der Waals surface area contributed by atoms with Crippen LogP contribution in [0, 0.1) is 11.8 Å². The summed E-state index contributed by atoms with van der Waals surface area (Å²) in [4.78, 5) is 0. The van der Waals surface area contributed by atoms with Crippen molar-refractivity contribution in [3.05, 3.63) is 35.9 Å². The highest BCUT2D eigenvalue weighted by Crippen LogP contribution is 2.54. The van der Waals surface area contributed by atoms with Gasteiger partial charge in [-0.15, -0.1) is 0 Å². The first kappa shape index (κ1) is 13.1. The van der Waals surface area contributed by atoms with Crippen molar-refractivity contribution in [3.63, 3.8) is 0 Å². The van der Waals surface area contributed by atoms with E-state index in [1.807, 2.05) is 0 Å². The summed E-state index contributed by atoms with van der Waals surface area (Å²) in [5.74, 6) is 7.57. The summed E-state index contributed by atoms with van der Waals surface area (Å²) in [7, 11) is 0. The van der Waals surface area contributed by atoms with Crippen LogP contribution in [0.25, 0.3) is 0 Å². The summed E-state index contributed by atoms with van der Waals surface area (Å²) in [6, 6.07) is 11.4. The average molecular weight is 258 g/mol. The van der Waals surface area contributed by atoms with Gasteiger partial charge in [0.05, 0.1) is 0 Å². The summed E-state index contributed by atoms with van der Waals surface area (Å²) in [6.45, 7) is 2.39. The second kappa shape index (κ2) is 5.26. The molecule has 0 amide bonds. The monoisotopic (exact) mass is 258 g/mol. The number of hydrazine groups is 1. The maximum absolute atomic E-state index is 5.96. The van der Waals surface area contributed by atoms with Gasteiger partial charge in [-0.25, -0.2) is 0 Å². The molecule has 0 saturated heterocycles. The maximum Gasteiger partial charge on any atom is 0.0335 e. The van der Waals surface area contributed by atoms with Crippen LogP contribution >= 0.6 is 0 Å². The van der Waals surface area contributed by atoms with E-state index in [0.717, 1.165) is 11.8 Å². The fourth-order valence-corrected chi connectivity index (χ4v) is 4.21. The van der Waals surface area contributed by atoms with Crippen LogP contribution in [-0.4, -0.2) is 6.04 Å². The molecule has 3 unspecified atom stereocenters. The lowest BCUT2D eigenvalue weighted by Crippen LogP contribution is -2.50. The first-order valence-corrected chi connectivity index (χ1v) is 7.78. The molecule has 3 rings (SSSR count). The van der Waals surface area contributed by atoms with Gasteiger partial charge in [0.1, 0.15) is 0 Å². The van der Waals surface area contributed by atoms with E-state index in [-0.39, 0.29) is 0 Å². The van der Waals surface area contributed by atoms with Crippen molar-refractivity contribution in [2.75, 3.05) is 0 Å². The molecule has 1 aromatic rings. The van der Waals surface area contributed by atoms with Crippen molar-refractivity contribution in [2.45, 2.75) is 56.9 Å². The number of rotatable bonds is 4. The van der Waals surface area contributed by atoms with Gasteiger partial charge in [-0.1, -0.05) is 50.1 Å². The quantitative estimate of drug-likeness (QED) is 0.642. The molecule has 1 aromatic carbocycles. The summed E-state index contributed by atoms with van der Waals surface area (Å²) in [5, 5.41) is 0. The molecule has 2 aliphatic rings. The van der Waals surface area contributed by atoms with Crippen molar-refractivity contribution in [1.82, 2.24) is 5.43 Å². The molecule has 0 radical (unpaired) electrons. The van der Waals surface area contributed by atoms with Crippen LogP contribution in [0.2, 0.25) is 0 Å². The summed E-state index contributed by atoms with van der Waals surface area (Å²) in [6.07, 6.45) is 8.02. The van der Waals surface area contributed by atoms with Crippen molar-refractivity contribution < 1.29 is 0 Å². The molecule has 2 saturated carbocycles. The SMILES string of the molecule is CC1CCCC(C(NN)C2(c3ccccc3)CC2)C1. The van der Waals surface area contributed by atoms with Gasteiger partial charge in [-0.05, 0) is 43.1 Å². The first-order chi connectivity index (χ1) is 9.26. The fraction of sp³-hybridized carbons (Fsp3) is 0.647. The molecule has 2 aliphatic carbocycles. The van der Waals surface area contributed by atoms with E-state index in [2.05, 4.69) is 42.7 Å². The standard InChI is InChI=1S/C17H26N2/c1-13-6-5-7-14(12-13)16(19-18)17(10-11-17)15-8-3-2-4-9-15/h2-4,8-9,13-14,16,19H,5-7,10-12,18H2,1H3. The molecule has 3 atom stereocenters. The van der Waals surface area contributed by atoms with Gasteiger partial charge in [0.15, 0.2) is 0 Å². The zero-order chi connectivity index (χ0) is 13.3. The van der Waals surface area contributed by atoms with E-state index in [9.17, 15) is 0 Å². The molecular weight excluding hydrogens is 232 g/mol. The summed E-state index contributed by atoms with van der Waals surface area (Å²) < 4.78 is 0. The van der Waals surface area contributed by atoms with Crippen LogP contribution in [0.5, 0.6) is 0 Å². The minimum atomic E-state index is 0.317. The van der Waals surface area contributed by atoms with E-state index in [4.69, 9.17) is 5.84 Å². The molecule has 2 nitrogen and oxygen atoms in total. The summed E-state index contributed by atoms with van der Waals surface area (Å²) >= 11 is 0. The van der Waals surface area contributed by atoms with E-state index in [1.165, 1.54) is 44.1 Å². The fourth-order valence-electron chi connectivity index (χ4n) is 4.21. The molecule has 2 fully saturated rings. The highest BCUT2D eigenvalue weighted by atomic mass is 15.2. The van der Waals surface area contributed by atoms with Crippen molar-refractivity contribution in [3.8, 4) is 0 Å². The Labute approximate surface area is 116 Å². The van der Waals surface area contributed by atoms with Crippen LogP contribution in [0.1, 0.15) is 51.0 Å². The second-order valence-corrected chi connectivity index (χ2v) is 6.70. The Balaban J connectivity index is 1.82. The van der Waals surface area contributed by atoms with Crippen LogP contribution < -0.4 is 11.3 Å². The third-order valence-corrected chi connectivity index (χ3v) is 5.36. The van der Waals surface area contributed by atoms with Gasteiger partial charge in [-0.3, -0.25) is 11.3 Å². The lowest BCUT2D eigenvalue weighted by Gasteiger charge is -2.38. The Morgan fingerprint density at radius 3 is 2.53 bits per heavy atom. The summed E-state index contributed by atoms with van der Waals surface area (Å²) in [5.41, 5.74) is 4.99. The Morgan fingerprint density at radius 2 is 1.95 bits per heavy atom. The number of benzene rings is 1. The Morgan fingerprint density at radius 1 is 1.21 bits per heavy atom. The van der Waals surface area contributed by atoms with E-state index in [1.54, 1.807) is 0 Å². The lowest BCUT2D eigenvalue weighted by molar-refractivity contribution is 0.194. The van der Waals surface area contributed by atoms with Gasteiger partial charge in [0, 0.05) is 11.5 Å². The van der Waals surface area contributed by atoms with Crippen molar-refractivity contribution in [2.24, 2.45) is 17.7 Å². The predicted molar refractivity (Wildman–Crippen MR) is 79.6 cm³/mol. The number of hydrogen-bond donors (Lipinski definition) is 2. The van der Waals surface area contributed by atoms with Gasteiger partial charge in [0.25, 0.3) is 0 Å². The maximum atomic E-state index is 5.96. The second-order valence-electron chi connectivity index (χ2n) is 6.70. The van der Waals surface area contributed by atoms with Crippen molar-refractivity contribution in [1.29, 1.82) is 0 Å². The minimum absolute atomic E-state index is 0.317. The smallest absolute Gasteiger partial charge is 0.0335 e. The van der Waals surface area contributed by atoms with E-state index < -0.39 is 0 Å². The van der Waals surface area contributed by atoms with Crippen LogP contribution in [0.3, 0.4) is 0 Å². The molecule has 3 N–H and O–H groups in total. The first-order valence-electron chi connectivity index (χ1n) is 7.78. The minimum Gasteiger partial charge on any atom is -0.271 e. The Bertz CT molecular complexity index is 411. The molecule has 2 heteroatoms. The molecular formula is C17H26N2. The third kappa shape index (κ3) is 2.44. The van der Waals surface area contributed by atoms with Crippen LogP contribution in [-0.2, 0) is 5.41 Å².